The van der Waals surface area contributed by atoms with Crippen molar-refractivity contribution in [2.75, 3.05) is 19.8 Å². The van der Waals surface area contributed by atoms with Crippen LogP contribution in [0.1, 0.15) is 31.1 Å². The molecule has 0 amide bonds. The Balaban J connectivity index is 1.71. The van der Waals surface area contributed by atoms with E-state index in [9.17, 15) is 0 Å². The van der Waals surface area contributed by atoms with Crippen LogP contribution in [0.15, 0.2) is 6.33 Å². The highest BCUT2D eigenvalue weighted by Gasteiger charge is 2.42. The zero-order chi connectivity index (χ0) is 11.7. The Morgan fingerprint density at radius 3 is 3.18 bits per heavy atom. The molecule has 1 aromatic rings. The van der Waals surface area contributed by atoms with Crippen LogP contribution in [0.25, 0.3) is 0 Å². The molecule has 3 rings (SSSR count). The van der Waals surface area contributed by atoms with E-state index < -0.39 is 0 Å². The third kappa shape index (κ3) is 2.08. The molecule has 3 atom stereocenters. The summed E-state index contributed by atoms with van der Waals surface area (Å²) in [5.41, 5.74) is 6.14. The molecule has 6 nitrogen and oxygen atoms in total. The van der Waals surface area contributed by atoms with Crippen LogP contribution >= 0.6 is 0 Å². The topological polar surface area (TPSA) is 86.1 Å². The summed E-state index contributed by atoms with van der Waals surface area (Å²) in [5.74, 6) is 1.16. The van der Waals surface area contributed by atoms with Gasteiger partial charge in [0.15, 0.2) is 0 Å². The lowest BCUT2D eigenvalue weighted by Crippen LogP contribution is -2.43. The molecule has 0 aliphatic carbocycles. The first-order valence-corrected chi connectivity index (χ1v) is 6.12. The molecule has 0 saturated carbocycles. The molecule has 2 aliphatic rings. The van der Waals surface area contributed by atoms with Gasteiger partial charge in [0.05, 0.1) is 18.2 Å². The van der Waals surface area contributed by atoms with E-state index in [1.54, 1.807) is 0 Å². The van der Waals surface area contributed by atoms with Crippen LogP contribution in [0.4, 0.5) is 0 Å². The second kappa shape index (κ2) is 4.36. The molecule has 6 heteroatoms. The van der Waals surface area contributed by atoms with Crippen molar-refractivity contribution < 1.29 is 9.47 Å². The molecule has 0 bridgehead atoms. The molecule has 3 unspecified atom stereocenters. The zero-order valence-corrected chi connectivity index (χ0v) is 9.76. The normalized spacial score (nSPS) is 35.2. The molecule has 3 N–H and O–H groups in total. The minimum absolute atomic E-state index is 0.0844. The van der Waals surface area contributed by atoms with E-state index >= 15 is 0 Å². The van der Waals surface area contributed by atoms with Crippen LogP contribution in [0, 0.1) is 5.92 Å². The zero-order valence-electron chi connectivity index (χ0n) is 9.76. The summed E-state index contributed by atoms with van der Waals surface area (Å²) >= 11 is 0. The van der Waals surface area contributed by atoms with Crippen molar-refractivity contribution in [3.05, 3.63) is 12.2 Å². The lowest BCUT2D eigenvalue weighted by Gasteiger charge is -2.38. The highest BCUT2D eigenvalue weighted by Crippen LogP contribution is 2.39. The largest absolute Gasteiger partial charge is 0.378 e. The van der Waals surface area contributed by atoms with Crippen molar-refractivity contribution in [2.45, 2.75) is 30.9 Å². The van der Waals surface area contributed by atoms with Gasteiger partial charge in [-0.05, 0) is 18.8 Å². The predicted molar refractivity (Wildman–Crippen MR) is 60.2 cm³/mol. The van der Waals surface area contributed by atoms with E-state index in [-0.39, 0.29) is 11.6 Å². The number of aromatic amines is 1. The first-order chi connectivity index (χ1) is 8.29. The van der Waals surface area contributed by atoms with E-state index in [0.29, 0.717) is 12.5 Å². The maximum absolute atomic E-state index is 6.23. The second-order valence-corrected chi connectivity index (χ2v) is 4.98. The maximum atomic E-state index is 6.23. The van der Waals surface area contributed by atoms with E-state index in [1.807, 2.05) is 0 Å². The summed E-state index contributed by atoms with van der Waals surface area (Å²) in [6.07, 6.45) is 4.41. The number of H-pyrrole nitrogens is 1. The van der Waals surface area contributed by atoms with Crippen molar-refractivity contribution in [1.82, 2.24) is 15.2 Å². The van der Waals surface area contributed by atoms with Crippen LogP contribution in [-0.4, -0.2) is 40.6 Å². The molecule has 1 spiro atoms. The Hall–Kier alpha value is -0.980. The summed E-state index contributed by atoms with van der Waals surface area (Å²) in [7, 11) is 0. The van der Waals surface area contributed by atoms with Crippen LogP contribution < -0.4 is 5.73 Å². The Labute approximate surface area is 99.9 Å². The number of aromatic nitrogens is 3. The first-order valence-electron chi connectivity index (χ1n) is 6.12. The van der Waals surface area contributed by atoms with Gasteiger partial charge in [-0.2, -0.15) is 5.10 Å². The summed E-state index contributed by atoms with van der Waals surface area (Å²) < 4.78 is 11.4. The van der Waals surface area contributed by atoms with Crippen LogP contribution in [-0.2, 0) is 9.47 Å². The number of hydrogen-bond acceptors (Lipinski definition) is 5. The predicted octanol–water partition coefficient (Wildman–Crippen LogP) is 0.390. The molecule has 0 radical (unpaired) electrons. The van der Waals surface area contributed by atoms with Gasteiger partial charge in [0.2, 0.25) is 0 Å². The lowest BCUT2D eigenvalue weighted by molar-refractivity contribution is -0.102. The van der Waals surface area contributed by atoms with Crippen molar-refractivity contribution in [2.24, 2.45) is 11.7 Å². The van der Waals surface area contributed by atoms with Gasteiger partial charge in [0.25, 0.3) is 0 Å². The third-order valence-corrected chi connectivity index (χ3v) is 3.86. The molecular formula is C11H18N4O2. The van der Waals surface area contributed by atoms with E-state index in [2.05, 4.69) is 15.2 Å². The van der Waals surface area contributed by atoms with Gasteiger partial charge in [0, 0.05) is 19.6 Å². The average molecular weight is 238 g/mol. The lowest BCUT2D eigenvalue weighted by atomic mass is 9.81. The van der Waals surface area contributed by atoms with Gasteiger partial charge < -0.3 is 15.2 Å². The fraction of sp³-hybridized carbons (Fsp3) is 0.818. The Kier molecular flexibility index (Phi) is 2.85. The molecule has 2 aliphatic heterocycles. The van der Waals surface area contributed by atoms with E-state index in [1.165, 1.54) is 6.33 Å². The summed E-state index contributed by atoms with van der Waals surface area (Å²) in [5, 5.41) is 6.71. The van der Waals surface area contributed by atoms with Crippen LogP contribution in [0.5, 0.6) is 0 Å². The third-order valence-electron chi connectivity index (χ3n) is 3.86. The SMILES string of the molecule is NC(c1ncn[nH]1)C1CCOC2(CCOC2)C1. The average Bonchev–Trinajstić information content (AvgIpc) is 3.00. The monoisotopic (exact) mass is 238 g/mol. The number of hydrogen-bond donors (Lipinski definition) is 2. The van der Waals surface area contributed by atoms with Crippen molar-refractivity contribution in [3.63, 3.8) is 0 Å². The Morgan fingerprint density at radius 2 is 2.47 bits per heavy atom. The van der Waals surface area contributed by atoms with Gasteiger partial charge >= 0.3 is 0 Å². The van der Waals surface area contributed by atoms with Gasteiger partial charge in [0.1, 0.15) is 12.2 Å². The molecular weight excluding hydrogens is 220 g/mol. The Bertz CT molecular complexity index is 362. The number of nitrogens with two attached hydrogens (primary N) is 1. The highest BCUT2D eigenvalue weighted by molar-refractivity contribution is 4.99. The molecule has 2 saturated heterocycles. The number of nitrogens with zero attached hydrogens (tertiary/aromatic N) is 2. The van der Waals surface area contributed by atoms with Crippen LogP contribution in [0.3, 0.4) is 0 Å². The molecule has 2 fully saturated rings. The summed E-state index contributed by atoms with van der Waals surface area (Å²) in [6, 6.07) is -0.0844. The quantitative estimate of drug-likeness (QED) is 0.778. The summed E-state index contributed by atoms with van der Waals surface area (Å²) in [6.45, 7) is 2.26. The second-order valence-electron chi connectivity index (χ2n) is 4.98. The molecule has 94 valence electrons. The molecule has 17 heavy (non-hydrogen) atoms. The molecule has 1 aromatic heterocycles. The number of ether oxygens (including phenoxy) is 2. The molecule has 0 aromatic carbocycles. The van der Waals surface area contributed by atoms with Crippen molar-refractivity contribution in [1.29, 1.82) is 0 Å². The first kappa shape index (κ1) is 11.1. The van der Waals surface area contributed by atoms with Gasteiger partial charge in [-0.15, -0.1) is 0 Å². The fourth-order valence-corrected chi connectivity index (χ4v) is 2.83. The molecule has 3 heterocycles. The maximum Gasteiger partial charge on any atom is 0.141 e. The smallest absolute Gasteiger partial charge is 0.141 e. The van der Waals surface area contributed by atoms with Gasteiger partial charge in [-0.1, -0.05) is 0 Å². The number of rotatable bonds is 2. The van der Waals surface area contributed by atoms with Crippen LogP contribution in [0.2, 0.25) is 0 Å². The van der Waals surface area contributed by atoms with Gasteiger partial charge in [-0.25, -0.2) is 4.98 Å². The fourth-order valence-electron chi connectivity index (χ4n) is 2.83. The number of nitrogens with one attached hydrogen (secondary N) is 1. The highest BCUT2D eigenvalue weighted by atomic mass is 16.6. The van der Waals surface area contributed by atoms with Crippen molar-refractivity contribution in [3.8, 4) is 0 Å². The minimum atomic E-state index is -0.0967. The van der Waals surface area contributed by atoms with E-state index in [4.69, 9.17) is 15.2 Å². The van der Waals surface area contributed by atoms with Crippen molar-refractivity contribution >= 4 is 0 Å². The Morgan fingerprint density at radius 1 is 1.53 bits per heavy atom. The minimum Gasteiger partial charge on any atom is -0.378 e. The summed E-state index contributed by atoms with van der Waals surface area (Å²) in [4.78, 5) is 4.14. The van der Waals surface area contributed by atoms with Gasteiger partial charge in [-0.3, -0.25) is 5.10 Å². The van der Waals surface area contributed by atoms with E-state index in [0.717, 1.165) is 38.3 Å². The standard InChI is InChI=1S/C11H18N4O2/c12-9(10-13-7-14-15-10)8-1-3-17-11(5-8)2-4-16-6-11/h7-9H,1-6,12H2,(H,13,14,15).